The second-order valence-corrected chi connectivity index (χ2v) is 10.7. The third-order valence-electron chi connectivity index (χ3n) is 6.75. The summed E-state index contributed by atoms with van der Waals surface area (Å²) >= 11 is 18.6. The molecule has 0 atom stereocenters. The first kappa shape index (κ1) is 30.7. The third kappa shape index (κ3) is 8.39. The lowest BCUT2D eigenvalue weighted by molar-refractivity contribution is -0.128. The van der Waals surface area contributed by atoms with Crippen LogP contribution < -0.4 is 14.8 Å². The Morgan fingerprint density at radius 3 is 2.34 bits per heavy atom. The molecule has 10 heteroatoms. The average Bonchev–Trinajstić information content (AvgIpc) is 3.83. The summed E-state index contributed by atoms with van der Waals surface area (Å²) in [6.45, 7) is 2.36. The normalized spacial score (nSPS) is 14.5. The van der Waals surface area contributed by atoms with Crippen molar-refractivity contribution in [3.05, 3.63) is 98.5 Å². The van der Waals surface area contributed by atoms with Crippen molar-refractivity contribution in [3.8, 4) is 11.5 Å². The number of rotatable bonds is 10. The lowest BCUT2D eigenvalue weighted by Gasteiger charge is -2.28. The van der Waals surface area contributed by atoms with Crippen molar-refractivity contribution >= 4 is 52.8 Å². The van der Waals surface area contributed by atoms with Gasteiger partial charge in [-0.3, -0.25) is 9.59 Å². The summed E-state index contributed by atoms with van der Waals surface area (Å²) in [5.74, 6) is 1.35. The van der Waals surface area contributed by atoms with E-state index in [1.54, 1.807) is 18.2 Å². The Morgan fingerprint density at radius 2 is 1.63 bits per heavy atom. The van der Waals surface area contributed by atoms with Crippen LogP contribution in [0.4, 0.5) is 0 Å². The van der Waals surface area contributed by atoms with Crippen LogP contribution in [-0.2, 0) is 16.1 Å². The molecule has 3 aromatic carbocycles. The van der Waals surface area contributed by atoms with Crippen molar-refractivity contribution in [1.82, 2.24) is 10.2 Å². The smallest absolute Gasteiger partial charge is 0.290 e. The maximum absolute atomic E-state index is 13.8. The van der Waals surface area contributed by atoms with Gasteiger partial charge in [-0.2, -0.15) is 0 Å². The van der Waals surface area contributed by atoms with Gasteiger partial charge < -0.3 is 24.8 Å². The van der Waals surface area contributed by atoms with E-state index in [0.717, 1.165) is 53.8 Å². The summed E-state index contributed by atoms with van der Waals surface area (Å²) in [7, 11) is 0. The molecule has 2 aliphatic rings. The first-order chi connectivity index (χ1) is 19.9. The lowest BCUT2D eigenvalue weighted by atomic mass is 9.93. The Labute approximate surface area is 254 Å². The number of carboxylic acid groups (broad SMARTS) is 1. The summed E-state index contributed by atoms with van der Waals surface area (Å²) in [6, 6.07) is 21.2. The fourth-order valence-electron chi connectivity index (χ4n) is 4.60. The van der Waals surface area contributed by atoms with Crippen LogP contribution in [0.2, 0.25) is 15.1 Å². The fourth-order valence-corrected chi connectivity index (χ4v) is 5.14. The molecule has 0 unspecified atom stereocenters. The molecule has 2 N–H and O–H groups in total. The highest BCUT2D eigenvalue weighted by Crippen LogP contribution is 2.34. The minimum absolute atomic E-state index is 0.0896. The average molecular weight is 618 g/mol. The van der Waals surface area contributed by atoms with Crippen molar-refractivity contribution in [2.24, 2.45) is 0 Å². The molecule has 0 bridgehead atoms. The van der Waals surface area contributed by atoms with Crippen LogP contribution in [-0.4, -0.2) is 54.7 Å². The van der Waals surface area contributed by atoms with Crippen LogP contribution in [0.3, 0.4) is 0 Å². The van der Waals surface area contributed by atoms with Gasteiger partial charge >= 0.3 is 0 Å². The number of benzene rings is 3. The predicted molar refractivity (Wildman–Crippen MR) is 162 cm³/mol. The van der Waals surface area contributed by atoms with Crippen molar-refractivity contribution in [2.75, 3.05) is 26.3 Å². The number of hydrogen-bond donors (Lipinski definition) is 2. The van der Waals surface area contributed by atoms with Gasteiger partial charge in [-0.15, -0.1) is 0 Å². The highest BCUT2D eigenvalue weighted by Gasteiger charge is 2.35. The van der Waals surface area contributed by atoms with Gasteiger partial charge in [0, 0.05) is 29.7 Å². The van der Waals surface area contributed by atoms with E-state index in [2.05, 4.69) is 5.32 Å². The summed E-state index contributed by atoms with van der Waals surface area (Å²) in [4.78, 5) is 24.2. The molecule has 5 rings (SSSR count). The summed E-state index contributed by atoms with van der Waals surface area (Å²) in [5.41, 5.74) is 3.93. The van der Waals surface area contributed by atoms with Gasteiger partial charge in [0.25, 0.3) is 12.4 Å². The zero-order valence-corrected chi connectivity index (χ0v) is 24.6. The second-order valence-electron chi connectivity index (χ2n) is 9.52. The van der Waals surface area contributed by atoms with E-state index >= 15 is 0 Å². The molecule has 3 aromatic rings. The molecular formula is C31H31Cl3N2O5. The number of nitrogens with zero attached hydrogens (tertiary/aromatic N) is 1. The molecule has 0 spiro atoms. The topological polar surface area (TPSA) is 88.1 Å². The van der Waals surface area contributed by atoms with E-state index in [1.807, 2.05) is 53.4 Å². The zero-order valence-electron chi connectivity index (χ0n) is 22.3. The Hall–Kier alpha value is -3.23. The summed E-state index contributed by atoms with van der Waals surface area (Å²) in [5, 5.41) is 11.8. The number of halogens is 3. The van der Waals surface area contributed by atoms with Gasteiger partial charge in [-0.25, -0.2) is 0 Å². The zero-order chi connectivity index (χ0) is 29.2. The monoisotopic (exact) mass is 616 g/mol. The number of amides is 1. The Kier molecular flexibility index (Phi) is 11.3. The molecule has 1 amide bonds. The van der Waals surface area contributed by atoms with Crippen molar-refractivity contribution in [2.45, 2.75) is 31.8 Å². The molecule has 41 heavy (non-hydrogen) atoms. The summed E-state index contributed by atoms with van der Waals surface area (Å²) < 4.78 is 11.5. The predicted octanol–water partition coefficient (Wildman–Crippen LogP) is 6.74. The molecule has 0 aromatic heterocycles. The lowest BCUT2D eigenvalue weighted by Crippen LogP contribution is -2.39. The van der Waals surface area contributed by atoms with Crippen LogP contribution in [0.1, 0.15) is 30.4 Å². The van der Waals surface area contributed by atoms with Gasteiger partial charge in [0.1, 0.15) is 29.7 Å². The van der Waals surface area contributed by atoms with E-state index < -0.39 is 0 Å². The minimum atomic E-state index is -0.250. The molecule has 0 radical (unpaired) electrons. The number of hydrogen-bond acceptors (Lipinski definition) is 5. The van der Waals surface area contributed by atoms with E-state index in [-0.39, 0.29) is 18.4 Å². The number of nitrogens with one attached hydrogen (secondary N) is 1. The highest BCUT2D eigenvalue weighted by molar-refractivity contribution is 6.42. The largest absolute Gasteiger partial charge is 0.490 e. The molecule has 0 saturated heterocycles. The third-order valence-corrected chi connectivity index (χ3v) is 7.92. The SMILES string of the molecule is O=C(C1=C(c2ccc(OCCOc3cccc(Cl)c3Cl)cc2)CCNC1)N(Cc1ccccc1Cl)C1CC1.O=CO. The van der Waals surface area contributed by atoms with Crippen LogP contribution >= 0.6 is 34.8 Å². The molecule has 216 valence electrons. The Balaban J connectivity index is 0.00000124. The van der Waals surface area contributed by atoms with E-state index in [1.165, 1.54) is 0 Å². The quantitative estimate of drug-likeness (QED) is 0.193. The Morgan fingerprint density at radius 1 is 0.951 bits per heavy atom. The van der Waals surface area contributed by atoms with E-state index in [0.29, 0.717) is 47.1 Å². The maximum Gasteiger partial charge on any atom is 0.290 e. The maximum atomic E-state index is 13.8. The molecule has 1 aliphatic carbocycles. The number of carbonyl (C=O) groups excluding carboxylic acids is 1. The van der Waals surface area contributed by atoms with Gasteiger partial charge in [0.15, 0.2) is 0 Å². The van der Waals surface area contributed by atoms with Gasteiger partial charge in [0.05, 0.1) is 5.02 Å². The molecule has 1 heterocycles. The van der Waals surface area contributed by atoms with Gasteiger partial charge in [-0.1, -0.05) is 71.2 Å². The standard InChI is InChI=1S/C30H29Cl3N2O3.CH2O2/c31-26-5-2-1-4-21(26)19-35(22-10-11-22)30(36)25-18-34-15-14-24(25)20-8-12-23(13-9-20)37-16-17-38-28-7-3-6-27(32)29(28)33;2-1-3/h1-9,12-13,22,34H,10-11,14-19H2;1H,(H,2,3). The molecule has 1 aliphatic heterocycles. The van der Waals surface area contributed by atoms with E-state index in [4.69, 9.17) is 54.2 Å². The highest BCUT2D eigenvalue weighted by atomic mass is 35.5. The van der Waals surface area contributed by atoms with Crippen LogP contribution in [0.25, 0.3) is 5.57 Å². The molecule has 1 saturated carbocycles. The fraction of sp³-hybridized carbons (Fsp3) is 0.290. The van der Waals surface area contributed by atoms with Crippen molar-refractivity contribution in [1.29, 1.82) is 0 Å². The Bertz CT molecular complexity index is 1380. The number of ether oxygens (including phenoxy) is 2. The van der Waals surface area contributed by atoms with Gasteiger partial charge in [0.2, 0.25) is 0 Å². The van der Waals surface area contributed by atoms with Crippen molar-refractivity contribution < 1.29 is 24.2 Å². The minimum Gasteiger partial charge on any atom is -0.490 e. The van der Waals surface area contributed by atoms with Gasteiger partial charge in [-0.05, 0) is 72.8 Å². The molecular weight excluding hydrogens is 587 g/mol. The second kappa shape index (κ2) is 15.1. The number of carbonyl (C=O) groups is 2. The van der Waals surface area contributed by atoms with Crippen LogP contribution in [0.5, 0.6) is 11.5 Å². The first-order valence-electron chi connectivity index (χ1n) is 13.3. The molecule has 1 fully saturated rings. The van der Waals surface area contributed by atoms with Crippen molar-refractivity contribution in [3.63, 3.8) is 0 Å². The molecule has 7 nitrogen and oxygen atoms in total. The summed E-state index contributed by atoms with van der Waals surface area (Å²) in [6.07, 6.45) is 2.86. The van der Waals surface area contributed by atoms with Crippen LogP contribution in [0, 0.1) is 0 Å². The first-order valence-corrected chi connectivity index (χ1v) is 14.4. The van der Waals surface area contributed by atoms with E-state index in [9.17, 15) is 4.79 Å². The van der Waals surface area contributed by atoms with Crippen LogP contribution in [0.15, 0.2) is 72.3 Å².